The molecule has 0 heterocycles. The number of para-hydroxylation sites is 2. The summed E-state index contributed by atoms with van der Waals surface area (Å²) in [6.07, 6.45) is -0.557. The molecular weight excluding hydrogens is 290 g/mol. The van der Waals surface area contributed by atoms with Gasteiger partial charge in [0.25, 0.3) is 5.91 Å². The Balaban J connectivity index is 1.79. The second-order valence-corrected chi connectivity index (χ2v) is 5.56. The number of carbonyl (C=O) groups is 1. The first-order chi connectivity index (χ1) is 11.1. The van der Waals surface area contributed by atoms with Gasteiger partial charge in [0.1, 0.15) is 18.1 Å². The van der Waals surface area contributed by atoms with Crippen molar-refractivity contribution in [1.29, 1.82) is 0 Å². The van der Waals surface area contributed by atoms with Gasteiger partial charge in [-0.25, -0.2) is 0 Å². The molecule has 23 heavy (non-hydrogen) atoms. The fraction of sp³-hybridized carbons (Fsp3) is 0.316. The molecule has 0 aliphatic carbocycles. The van der Waals surface area contributed by atoms with Gasteiger partial charge in [0.05, 0.1) is 6.04 Å². The number of hydrogen-bond acceptors (Lipinski definition) is 3. The molecule has 1 amide bonds. The molecule has 0 aliphatic heterocycles. The van der Waals surface area contributed by atoms with Crippen LogP contribution in [0.5, 0.6) is 11.5 Å². The Kier molecular flexibility index (Phi) is 6.03. The molecule has 122 valence electrons. The third-order valence-corrected chi connectivity index (χ3v) is 3.40. The van der Waals surface area contributed by atoms with Crippen molar-refractivity contribution in [3.8, 4) is 11.5 Å². The predicted molar refractivity (Wildman–Crippen MR) is 90.8 cm³/mol. The standard InChI is InChI=1S/C19H23NO3/c1-14-9-7-8-12-18(14)22-13-15(2)20-19(21)16(3)23-17-10-5-4-6-11-17/h4-12,15-16H,13H2,1-3H3,(H,20,21)/t15-,16-/m0/s1. The largest absolute Gasteiger partial charge is 0.491 e. The van der Waals surface area contributed by atoms with Gasteiger partial charge in [0.2, 0.25) is 0 Å². The predicted octanol–water partition coefficient (Wildman–Crippen LogP) is 3.35. The monoisotopic (exact) mass is 313 g/mol. The van der Waals surface area contributed by atoms with Gasteiger partial charge in [-0.05, 0) is 44.5 Å². The van der Waals surface area contributed by atoms with E-state index in [9.17, 15) is 4.79 Å². The Hall–Kier alpha value is -2.49. The van der Waals surface area contributed by atoms with Gasteiger partial charge in [-0.1, -0.05) is 36.4 Å². The lowest BCUT2D eigenvalue weighted by Gasteiger charge is -2.19. The molecule has 0 saturated carbocycles. The highest BCUT2D eigenvalue weighted by Crippen LogP contribution is 2.16. The van der Waals surface area contributed by atoms with E-state index >= 15 is 0 Å². The fourth-order valence-electron chi connectivity index (χ4n) is 2.09. The van der Waals surface area contributed by atoms with Gasteiger partial charge < -0.3 is 14.8 Å². The number of ether oxygens (including phenoxy) is 2. The smallest absolute Gasteiger partial charge is 0.261 e. The zero-order chi connectivity index (χ0) is 16.7. The van der Waals surface area contributed by atoms with E-state index < -0.39 is 6.10 Å². The Morgan fingerprint density at radius 2 is 1.70 bits per heavy atom. The Labute approximate surface area is 137 Å². The highest BCUT2D eigenvalue weighted by molar-refractivity contribution is 5.80. The SMILES string of the molecule is Cc1ccccc1OC[C@H](C)NC(=O)[C@H](C)Oc1ccccc1. The molecule has 2 aromatic carbocycles. The van der Waals surface area contributed by atoms with E-state index in [1.54, 1.807) is 6.92 Å². The van der Waals surface area contributed by atoms with Crippen LogP contribution in [0.1, 0.15) is 19.4 Å². The van der Waals surface area contributed by atoms with Crippen molar-refractivity contribution in [2.24, 2.45) is 0 Å². The van der Waals surface area contributed by atoms with Crippen LogP contribution in [-0.2, 0) is 4.79 Å². The maximum absolute atomic E-state index is 12.1. The molecule has 4 nitrogen and oxygen atoms in total. The van der Waals surface area contributed by atoms with Crippen LogP contribution in [0.3, 0.4) is 0 Å². The first-order valence-corrected chi connectivity index (χ1v) is 7.77. The van der Waals surface area contributed by atoms with Crippen molar-refractivity contribution < 1.29 is 14.3 Å². The van der Waals surface area contributed by atoms with Crippen molar-refractivity contribution in [2.45, 2.75) is 32.9 Å². The number of hydrogen-bond donors (Lipinski definition) is 1. The molecule has 2 atom stereocenters. The van der Waals surface area contributed by atoms with Crippen LogP contribution < -0.4 is 14.8 Å². The van der Waals surface area contributed by atoms with E-state index in [1.165, 1.54) is 0 Å². The molecule has 0 bridgehead atoms. The van der Waals surface area contributed by atoms with Gasteiger partial charge in [-0.3, -0.25) is 4.79 Å². The summed E-state index contributed by atoms with van der Waals surface area (Å²) in [5, 5.41) is 2.90. The summed E-state index contributed by atoms with van der Waals surface area (Å²) in [7, 11) is 0. The van der Waals surface area contributed by atoms with Crippen molar-refractivity contribution in [3.63, 3.8) is 0 Å². The lowest BCUT2D eigenvalue weighted by atomic mass is 10.2. The molecule has 2 rings (SSSR count). The topological polar surface area (TPSA) is 47.6 Å². The summed E-state index contributed by atoms with van der Waals surface area (Å²) in [6.45, 7) is 6.05. The van der Waals surface area contributed by atoms with Crippen molar-refractivity contribution in [3.05, 3.63) is 60.2 Å². The third-order valence-electron chi connectivity index (χ3n) is 3.40. The third kappa shape index (κ3) is 5.33. The minimum absolute atomic E-state index is 0.107. The molecule has 0 spiro atoms. The second-order valence-electron chi connectivity index (χ2n) is 5.56. The van der Waals surface area contributed by atoms with E-state index in [0.717, 1.165) is 11.3 Å². The zero-order valence-electron chi connectivity index (χ0n) is 13.8. The lowest BCUT2D eigenvalue weighted by Crippen LogP contribution is -2.43. The van der Waals surface area contributed by atoms with Gasteiger partial charge in [-0.15, -0.1) is 0 Å². The normalized spacial score (nSPS) is 13.0. The molecule has 2 aromatic rings. The van der Waals surface area contributed by atoms with E-state index in [0.29, 0.717) is 12.4 Å². The average molecular weight is 313 g/mol. The van der Waals surface area contributed by atoms with E-state index in [4.69, 9.17) is 9.47 Å². The van der Waals surface area contributed by atoms with Gasteiger partial charge in [-0.2, -0.15) is 0 Å². The first-order valence-electron chi connectivity index (χ1n) is 7.77. The Morgan fingerprint density at radius 3 is 2.39 bits per heavy atom. The summed E-state index contributed by atoms with van der Waals surface area (Å²) in [4.78, 5) is 12.1. The average Bonchev–Trinajstić information content (AvgIpc) is 2.55. The Bertz CT molecular complexity index is 628. The molecular formula is C19H23NO3. The zero-order valence-corrected chi connectivity index (χ0v) is 13.8. The molecule has 0 aromatic heterocycles. The van der Waals surface area contributed by atoms with Crippen molar-refractivity contribution >= 4 is 5.91 Å². The van der Waals surface area contributed by atoms with Crippen LogP contribution in [0.25, 0.3) is 0 Å². The quantitative estimate of drug-likeness (QED) is 0.853. The van der Waals surface area contributed by atoms with Crippen LogP contribution in [-0.4, -0.2) is 24.7 Å². The summed E-state index contributed by atoms with van der Waals surface area (Å²) in [5.74, 6) is 1.36. The lowest BCUT2D eigenvalue weighted by molar-refractivity contribution is -0.128. The number of benzene rings is 2. The van der Waals surface area contributed by atoms with Crippen molar-refractivity contribution in [1.82, 2.24) is 5.32 Å². The van der Waals surface area contributed by atoms with Crippen LogP contribution in [0.15, 0.2) is 54.6 Å². The number of aryl methyl sites for hydroxylation is 1. The van der Waals surface area contributed by atoms with Crippen LogP contribution in [0, 0.1) is 6.92 Å². The summed E-state index contributed by atoms with van der Waals surface area (Å²) in [5.41, 5.74) is 1.08. The van der Waals surface area contributed by atoms with Crippen LogP contribution >= 0.6 is 0 Å². The van der Waals surface area contributed by atoms with Gasteiger partial charge in [0.15, 0.2) is 6.10 Å². The van der Waals surface area contributed by atoms with E-state index in [1.807, 2.05) is 68.4 Å². The number of amides is 1. The maximum atomic E-state index is 12.1. The number of nitrogens with one attached hydrogen (secondary N) is 1. The fourth-order valence-corrected chi connectivity index (χ4v) is 2.09. The molecule has 0 radical (unpaired) electrons. The highest BCUT2D eigenvalue weighted by atomic mass is 16.5. The van der Waals surface area contributed by atoms with E-state index in [2.05, 4.69) is 5.32 Å². The molecule has 4 heteroatoms. The summed E-state index contributed by atoms with van der Waals surface area (Å²) < 4.78 is 11.3. The van der Waals surface area contributed by atoms with Gasteiger partial charge in [0, 0.05) is 0 Å². The minimum atomic E-state index is -0.557. The molecule has 0 aliphatic rings. The minimum Gasteiger partial charge on any atom is -0.491 e. The summed E-state index contributed by atoms with van der Waals surface area (Å²) >= 11 is 0. The molecule has 1 N–H and O–H groups in total. The molecule has 0 unspecified atom stereocenters. The second kappa shape index (κ2) is 8.22. The summed E-state index contributed by atoms with van der Waals surface area (Å²) in [6, 6.07) is 17.0. The Morgan fingerprint density at radius 1 is 1.04 bits per heavy atom. The number of carbonyl (C=O) groups excluding carboxylic acids is 1. The highest BCUT2D eigenvalue weighted by Gasteiger charge is 2.17. The maximum Gasteiger partial charge on any atom is 0.261 e. The van der Waals surface area contributed by atoms with Crippen LogP contribution in [0.2, 0.25) is 0 Å². The molecule has 0 fully saturated rings. The first kappa shape index (κ1) is 16.9. The molecule has 0 saturated heterocycles. The van der Waals surface area contributed by atoms with E-state index in [-0.39, 0.29) is 11.9 Å². The van der Waals surface area contributed by atoms with Crippen LogP contribution in [0.4, 0.5) is 0 Å². The number of rotatable bonds is 7. The van der Waals surface area contributed by atoms with Gasteiger partial charge >= 0.3 is 0 Å². The van der Waals surface area contributed by atoms with Crippen molar-refractivity contribution in [2.75, 3.05) is 6.61 Å².